The first-order valence-corrected chi connectivity index (χ1v) is 8.53. The molecule has 106 valence electrons. The quantitative estimate of drug-likeness (QED) is 0.943. The number of carbonyl (C=O) groups is 1. The smallest absolute Gasteiger partial charge is 0.268 e. The SMILES string of the molecule is CN(C(=O)c1cccs1)c1ccc(NS(C)(=O)=O)cc1. The average molecular weight is 310 g/mol. The molecule has 0 aliphatic rings. The highest BCUT2D eigenvalue weighted by Crippen LogP contribution is 2.20. The number of sulfonamides is 1. The van der Waals surface area contributed by atoms with Gasteiger partial charge in [-0.05, 0) is 35.7 Å². The van der Waals surface area contributed by atoms with E-state index in [9.17, 15) is 13.2 Å². The molecule has 0 aliphatic heterocycles. The van der Waals surface area contributed by atoms with Crippen LogP contribution in [0.25, 0.3) is 0 Å². The van der Waals surface area contributed by atoms with Crippen molar-refractivity contribution in [1.82, 2.24) is 0 Å². The maximum absolute atomic E-state index is 12.1. The van der Waals surface area contributed by atoms with Crippen LogP contribution in [0.3, 0.4) is 0 Å². The first-order chi connectivity index (χ1) is 9.37. The fraction of sp³-hybridized carbons (Fsp3) is 0.154. The summed E-state index contributed by atoms with van der Waals surface area (Å²) in [4.78, 5) is 14.3. The van der Waals surface area contributed by atoms with Crippen LogP contribution in [0.1, 0.15) is 9.67 Å². The summed E-state index contributed by atoms with van der Waals surface area (Å²) in [5.74, 6) is -0.0937. The molecule has 7 heteroatoms. The van der Waals surface area contributed by atoms with Crippen LogP contribution >= 0.6 is 11.3 Å². The Morgan fingerprint density at radius 1 is 1.20 bits per heavy atom. The number of thiophene rings is 1. The number of anilines is 2. The van der Waals surface area contributed by atoms with Crippen LogP contribution in [-0.2, 0) is 10.0 Å². The Labute approximate surface area is 121 Å². The van der Waals surface area contributed by atoms with Gasteiger partial charge in [0.15, 0.2) is 0 Å². The monoisotopic (exact) mass is 310 g/mol. The lowest BCUT2D eigenvalue weighted by Crippen LogP contribution is -2.25. The van der Waals surface area contributed by atoms with Gasteiger partial charge in [-0.25, -0.2) is 8.42 Å². The zero-order valence-corrected chi connectivity index (χ0v) is 12.7. The van der Waals surface area contributed by atoms with Gasteiger partial charge in [0.05, 0.1) is 11.1 Å². The molecule has 0 fully saturated rings. The minimum absolute atomic E-state index is 0.0937. The van der Waals surface area contributed by atoms with Crippen molar-refractivity contribution in [1.29, 1.82) is 0 Å². The van der Waals surface area contributed by atoms with E-state index in [1.807, 2.05) is 11.4 Å². The molecular formula is C13H14N2O3S2. The van der Waals surface area contributed by atoms with Gasteiger partial charge in [-0.15, -0.1) is 11.3 Å². The number of amides is 1. The summed E-state index contributed by atoms with van der Waals surface area (Å²) >= 11 is 1.38. The van der Waals surface area contributed by atoms with Crippen LogP contribution in [0.15, 0.2) is 41.8 Å². The molecule has 0 aliphatic carbocycles. The van der Waals surface area contributed by atoms with Crippen molar-refractivity contribution in [2.24, 2.45) is 0 Å². The molecule has 0 atom stereocenters. The molecule has 2 rings (SSSR count). The van der Waals surface area contributed by atoms with E-state index in [1.165, 1.54) is 16.2 Å². The minimum Gasteiger partial charge on any atom is -0.311 e. The summed E-state index contributed by atoms with van der Waals surface area (Å²) in [7, 11) is -1.61. The molecule has 1 aromatic carbocycles. The van der Waals surface area contributed by atoms with Crippen LogP contribution in [0, 0.1) is 0 Å². The molecule has 20 heavy (non-hydrogen) atoms. The molecule has 0 unspecified atom stereocenters. The van der Waals surface area contributed by atoms with E-state index < -0.39 is 10.0 Å². The summed E-state index contributed by atoms with van der Waals surface area (Å²) in [5.41, 5.74) is 1.16. The normalized spacial score (nSPS) is 11.1. The fourth-order valence-electron chi connectivity index (χ4n) is 1.65. The van der Waals surface area contributed by atoms with E-state index >= 15 is 0 Å². The second kappa shape index (κ2) is 5.64. The number of hydrogen-bond acceptors (Lipinski definition) is 4. The lowest BCUT2D eigenvalue weighted by atomic mass is 10.2. The van der Waals surface area contributed by atoms with Gasteiger partial charge in [0, 0.05) is 18.4 Å². The summed E-state index contributed by atoms with van der Waals surface area (Å²) in [6.45, 7) is 0. The molecule has 0 spiro atoms. The molecule has 1 amide bonds. The van der Waals surface area contributed by atoms with Gasteiger partial charge in [-0.3, -0.25) is 9.52 Å². The Kier molecular flexibility index (Phi) is 4.10. The Morgan fingerprint density at radius 3 is 2.35 bits per heavy atom. The van der Waals surface area contributed by atoms with E-state index in [1.54, 1.807) is 37.4 Å². The fourth-order valence-corrected chi connectivity index (χ4v) is 2.91. The Morgan fingerprint density at radius 2 is 1.85 bits per heavy atom. The third kappa shape index (κ3) is 3.58. The van der Waals surface area contributed by atoms with Gasteiger partial charge in [0.2, 0.25) is 10.0 Å². The highest BCUT2D eigenvalue weighted by atomic mass is 32.2. The Balaban J connectivity index is 2.15. The molecule has 0 radical (unpaired) electrons. The highest BCUT2D eigenvalue weighted by molar-refractivity contribution is 7.92. The molecule has 0 saturated carbocycles. The van der Waals surface area contributed by atoms with Crippen LogP contribution in [-0.4, -0.2) is 27.6 Å². The largest absolute Gasteiger partial charge is 0.311 e. The van der Waals surface area contributed by atoms with E-state index in [2.05, 4.69) is 4.72 Å². The van der Waals surface area contributed by atoms with Gasteiger partial charge < -0.3 is 4.90 Å². The number of rotatable bonds is 4. The predicted octanol–water partition coefficient (Wildman–Crippen LogP) is 2.40. The van der Waals surface area contributed by atoms with Gasteiger partial charge in [-0.2, -0.15) is 0 Å². The third-order valence-electron chi connectivity index (χ3n) is 2.59. The molecule has 5 nitrogen and oxygen atoms in total. The van der Waals surface area contributed by atoms with Crippen molar-refractivity contribution in [2.75, 3.05) is 22.9 Å². The third-order valence-corrected chi connectivity index (χ3v) is 4.06. The second-order valence-corrected chi connectivity index (χ2v) is 6.96. The number of hydrogen-bond donors (Lipinski definition) is 1. The summed E-state index contributed by atoms with van der Waals surface area (Å²) in [6.07, 6.45) is 1.09. The molecule has 0 bridgehead atoms. The molecular weight excluding hydrogens is 296 g/mol. The predicted molar refractivity (Wildman–Crippen MR) is 82.0 cm³/mol. The van der Waals surface area contributed by atoms with E-state index in [-0.39, 0.29) is 5.91 Å². The number of carbonyl (C=O) groups excluding carboxylic acids is 1. The van der Waals surface area contributed by atoms with Gasteiger partial charge in [0.1, 0.15) is 0 Å². The van der Waals surface area contributed by atoms with Crippen LogP contribution in [0.2, 0.25) is 0 Å². The van der Waals surface area contributed by atoms with Crippen LogP contribution in [0.5, 0.6) is 0 Å². The first kappa shape index (κ1) is 14.5. The maximum Gasteiger partial charge on any atom is 0.268 e. The minimum atomic E-state index is -3.29. The summed E-state index contributed by atoms with van der Waals surface area (Å²) in [5, 5.41) is 1.85. The Bertz CT molecular complexity index is 692. The highest BCUT2D eigenvalue weighted by Gasteiger charge is 2.14. The number of nitrogens with one attached hydrogen (secondary N) is 1. The lowest BCUT2D eigenvalue weighted by Gasteiger charge is -2.17. The zero-order chi connectivity index (χ0) is 14.8. The summed E-state index contributed by atoms with van der Waals surface area (Å²) in [6, 6.07) is 10.2. The van der Waals surface area contributed by atoms with E-state index in [0.29, 0.717) is 16.3 Å². The van der Waals surface area contributed by atoms with Crippen molar-refractivity contribution < 1.29 is 13.2 Å². The molecule has 1 N–H and O–H groups in total. The van der Waals surface area contributed by atoms with Gasteiger partial charge in [0.25, 0.3) is 5.91 Å². The van der Waals surface area contributed by atoms with Crippen LogP contribution in [0.4, 0.5) is 11.4 Å². The average Bonchev–Trinajstić information content (AvgIpc) is 2.90. The topological polar surface area (TPSA) is 66.5 Å². The standard InChI is InChI=1S/C13H14N2O3S2/c1-15(13(16)12-4-3-9-19-12)11-7-5-10(6-8-11)14-20(2,17)18/h3-9,14H,1-2H3. The van der Waals surface area contributed by atoms with Crippen molar-refractivity contribution >= 4 is 38.6 Å². The number of benzene rings is 1. The molecule has 0 saturated heterocycles. The number of nitrogens with zero attached hydrogens (tertiary/aromatic N) is 1. The van der Waals surface area contributed by atoms with Crippen molar-refractivity contribution in [2.45, 2.75) is 0 Å². The maximum atomic E-state index is 12.1. The van der Waals surface area contributed by atoms with Gasteiger partial charge in [-0.1, -0.05) is 6.07 Å². The zero-order valence-electron chi connectivity index (χ0n) is 11.0. The van der Waals surface area contributed by atoms with Crippen LogP contribution < -0.4 is 9.62 Å². The second-order valence-electron chi connectivity index (χ2n) is 4.26. The van der Waals surface area contributed by atoms with Crippen molar-refractivity contribution in [3.63, 3.8) is 0 Å². The first-order valence-electron chi connectivity index (χ1n) is 5.76. The van der Waals surface area contributed by atoms with Crippen molar-refractivity contribution in [3.8, 4) is 0 Å². The van der Waals surface area contributed by atoms with E-state index in [4.69, 9.17) is 0 Å². The van der Waals surface area contributed by atoms with E-state index in [0.717, 1.165) is 6.26 Å². The van der Waals surface area contributed by atoms with Crippen molar-refractivity contribution in [3.05, 3.63) is 46.7 Å². The molecule has 2 aromatic rings. The Hall–Kier alpha value is -1.86. The van der Waals surface area contributed by atoms with Gasteiger partial charge >= 0.3 is 0 Å². The summed E-state index contributed by atoms with van der Waals surface area (Å²) < 4.78 is 24.6. The molecule has 1 aromatic heterocycles. The molecule has 1 heterocycles. The lowest BCUT2D eigenvalue weighted by molar-refractivity contribution is 0.0997.